The molecule has 0 amide bonds. The summed E-state index contributed by atoms with van der Waals surface area (Å²) in [5.41, 5.74) is 0. The molecule has 0 aromatic rings. The lowest BCUT2D eigenvalue weighted by molar-refractivity contribution is -0.292. The summed E-state index contributed by atoms with van der Waals surface area (Å²) in [5, 5.41) is 20.7. The predicted octanol–water partition coefficient (Wildman–Crippen LogP) is -1.18. The van der Waals surface area contributed by atoms with Gasteiger partial charge in [-0.25, -0.2) is 0 Å². The highest BCUT2D eigenvalue weighted by Gasteiger charge is 2.48. The molecule has 2 aliphatic heterocycles. The second kappa shape index (κ2) is 13.3. The quantitative estimate of drug-likeness (QED) is 0.370. The molecule has 184 valence electrons. The topological polar surface area (TPSA) is 124 Å². The first-order valence-electron chi connectivity index (χ1n) is 10.3. The SMILES string of the molecule is COCC1OC(COCC2C(COC)OC(O)C(OC)C2OC)C(OC)C(OC)C1O. The molecular weight excluding hydrogens is 416 g/mol. The Labute approximate surface area is 183 Å². The average molecular weight is 455 g/mol. The van der Waals surface area contributed by atoms with E-state index in [2.05, 4.69) is 0 Å². The van der Waals surface area contributed by atoms with E-state index in [4.69, 9.17) is 42.6 Å². The summed E-state index contributed by atoms with van der Waals surface area (Å²) in [4.78, 5) is 0. The van der Waals surface area contributed by atoms with Gasteiger partial charge in [-0.1, -0.05) is 0 Å². The fourth-order valence-electron chi connectivity index (χ4n) is 4.38. The third kappa shape index (κ3) is 6.33. The van der Waals surface area contributed by atoms with Gasteiger partial charge in [0.2, 0.25) is 0 Å². The van der Waals surface area contributed by atoms with E-state index < -0.39 is 55.1 Å². The van der Waals surface area contributed by atoms with Crippen molar-refractivity contribution in [3.63, 3.8) is 0 Å². The van der Waals surface area contributed by atoms with Crippen molar-refractivity contribution in [2.24, 2.45) is 5.92 Å². The van der Waals surface area contributed by atoms with Crippen LogP contribution in [0.25, 0.3) is 0 Å². The maximum absolute atomic E-state index is 10.5. The number of rotatable bonds is 12. The summed E-state index contributed by atoms with van der Waals surface area (Å²) in [6, 6.07) is 0. The van der Waals surface area contributed by atoms with Crippen molar-refractivity contribution in [1.82, 2.24) is 0 Å². The Morgan fingerprint density at radius 2 is 1.16 bits per heavy atom. The summed E-state index contributed by atoms with van der Waals surface area (Å²) in [5.74, 6) is -0.263. The molecule has 31 heavy (non-hydrogen) atoms. The molecule has 10 unspecified atom stereocenters. The minimum Gasteiger partial charge on any atom is -0.387 e. The minimum atomic E-state index is -1.13. The van der Waals surface area contributed by atoms with Gasteiger partial charge < -0.3 is 52.8 Å². The molecule has 11 nitrogen and oxygen atoms in total. The molecule has 10 atom stereocenters. The fourth-order valence-corrected chi connectivity index (χ4v) is 4.38. The lowest BCUT2D eigenvalue weighted by Crippen LogP contribution is -2.61. The molecule has 2 fully saturated rings. The maximum Gasteiger partial charge on any atom is 0.184 e. The monoisotopic (exact) mass is 454 g/mol. The molecule has 2 heterocycles. The lowest BCUT2D eigenvalue weighted by atomic mass is 9.89. The third-order valence-corrected chi connectivity index (χ3v) is 5.92. The van der Waals surface area contributed by atoms with Crippen LogP contribution in [0.1, 0.15) is 0 Å². The van der Waals surface area contributed by atoms with Crippen molar-refractivity contribution in [3.05, 3.63) is 0 Å². The number of hydrogen-bond donors (Lipinski definition) is 2. The van der Waals surface area contributed by atoms with E-state index in [0.29, 0.717) is 0 Å². The van der Waals surface area contributed by atoms with Crippen molar-refractivity contribution in [2.45, 2.75) is 55.1 Å². The average Bonchev–Trinajstić information content (AvgIpc) is 2.76. The van der Waals surface area contributed by atoms with Crippen LogP contribution in [0, 0.1) is 5.92 Å². The van der Waals surface area contributed by atoms with Crippen LogP contribution in [0.4, 0.5) is 0 Å². The highest BCUT2D eigenvalue weighted by atomic mass is 16.7. The zero-order valence-electron chi connectivity index (χ0n) is 19.2. The summed E-state index contributed by atoms with van der Waals surface area (Å²) in [6.45, 7) is 0.887. The zero-order valence-corrected chi connectivity index (χ0v) is 19.2. The van der Waals surface area contributed by atoms with Crippen LogP contribution in [0.15, 0.2) is 0 Å². The minimum absolute atomic E-state index is 0.179. The number of ether oxygens (including phenoxy) is 9. The second-order valence-corrected chi connectivity index (χ2v) is 7.68. The van der Waals surface area contributed by atoms with Gasteiger partial charge >= 0.3 is 0 Å². The van der Waals surface area contributed by atoms with Crippen LogP contribution in [0.5, 0.6) is 0 Å². The van der Waals surface area contributed by atoms with Crippen LogP contribution in [0.3, 0.4) is 0 Å². The van der Waals surface area contributed by atoms with Gasteiger partial charge in [-0.15, -0.1) is 0 Å². The van der Waals surface area contributed by atoms with Gasteiger partial charge in [-0.2, -0.15) is 0 Å². The van der Waals surface area contributed by atoms with Crippen LogP contribution < -0.4 is 0 Å². The molecule has 0 spiro atoms. The fraction of sp³-hybridized carbons (Fsp3) is 1.00. The highest BCUT2D eigenvalue weighted by molar-refractivity contribution is 4.95. The van der Waals surface area contributed by atoms with Gasteiger partial charge in [0.15, 0.2) is 6.29 Å². The summed E-state index contributed by atoms with van der Waals surface area (Å²) in [6.07, 6.45) is -5.80. The molecule has 0 aliphatic carbocycles. The smallest absolute Gasteiger partial charge is 0.184 e. The van der Waals surface area contributed by atoms with Crippen molar-refractivity contribution >= 4 is 0 Å². The van der Waals surface area contributed by atoms with Gasteiger partial charge in [0.1, 0.15) is 36.6 Å². The Kier molecular flexibility index (Phi) is 11.5. The van der Waals surface area contributed by atoms with Crippen LogP contribution in [0.2, 0.25) is 0 Å². The molecule has 2 aliphatic rings. The zero-order chi connectivity index (χ0) is 23.0. The first-order chi connectivity index (χ1) is 15.0. The number of hydrogen-bond acceptors (Lipinski definition) is 11. The standard InChI is InChI=1S/C20H38O11/c1-23-8-12-11(16(25-3)19(28-6)20(22)31-12)7-29-10-14-17(26-4)18(27-5)15(21)13(30-14)9-24-2/h11-22H,7-10H2,1-6H3. The predicted molar refractivity (Wildman–Crippen MR) is 107 cm³/mol. The maximum atomic E-state index is 10.5. The van der Waals surface area contributed by atoms with E-state index in [1.54, 1.807) is 14.2 Å². The molecule has 0 aromatic carbocycles. The van der Waals surface area contributed by atoms with Crippen LogP contribution in [-0.2, 0) is 42.6 Å². The Hall–Kier alpha value is -0.440. The first kappa shape index (κ1) is 26.8. The molecular formula is C20H38O11. The molecule has 2 rings (SSSR count). The van der Waals surface area contributed by atoms with E-state index in [1.807, 2.05) is 0 Å². The molecule has 0 bridgehead atoms. The number of methoxy groups -OCH3 is 6. The van der Waals surface area contributed by atoms with E-state index in [1.165, 1.54) is 28.4 Å². The largest absolute Gasteiger partial charge is 0.387 e. The van der Waals surface area contributed by atoms with Gasteiger partial charge in [-0.05, 0) is 0 Å². The van der Waals surface area contributed by atoms with E-state index >= 15 is 0 Å². The van der Waals surface area contributed by atoms with Crippen molar-refractivity contribution in [1.29, 1.82) is 0 Å². The number of aliphatic hydroxyl groups is 2. The highest BCUT2D eigenvalue weighted by Crippen LogP contribution is 2.30. The molecule has 0 aromatic heterocycles. The number of aliphatic hydroxyl groups excluding tert-OH is 2. The van der Waals surface area contributed by atoms with Crippen molar-refractivity contribution < 1.29 is 52.8 Å². The van der Waals surface area contributed by atoms with Gasteiger partial charge in [-0.3, -0.25) is 0 Å². The Bertz CT molecular complexity index is 496. The summed E-state index contributed by atoms with van der Waals surface area (Å²) >= 11 is 0. The van der Waals surface area contributed by atoms with Gasteiger partial charge in [0, 0.05) is 48.6 Å². The van der Waals surface area contributed by atoms with Crippen molar-refractivity contribution in [2.75, 3.05) is 69.1 Å². The normalized spacial score (nSPS) is 41.4. The molecule has 0 saturated carbocycles. The van der Waals surface area contributed by atoms with E-state index in [0.717, 1.165) is 0 Å². The Morgan fingerprint density at radius 1 is 0.581 bits per heavy atom. The van der Waals surface area contributed by atoms with Gasteiger partial charge in [0.05, 0.1) is 38.6 Å². The van der Waals surface area contributed by atoms with E-state index in [-0.39, 0.29) is 32.3 Å². The second-order valence-electron chi connectivity index (χ2n) is 7.68. The lowest BCUT2D eigenvalue weighted by Gasteiger charge is -2.45. The Balaban J connectivity index is 2.06. The van der Waals surface area contributed by atoms with Crippen LogP contribution in [-0.4, -0.2) is 134 Å². The summed E-state index contributed by atoms with van der Waals surface area (Å²) < 4.78 is 50.1. The Morgan fingerprint density at radius 3 is 1.71 bits per heavy atom. The van der Waals surface area contributed by atoms with Crippen LogP contribution >= 0.6 is 0 Å². The van der Waals surface area contributed by atoms with Crippen molar-refractivity contribution in [3.8, 4) is 0 Å². The molecule has 2 saturated heterocycles. The third-order valence-electron chi connectivity index (χ3n) is 5.92. The first-order valence-corrected chi connectivity index (χ1v) is 10.3. The molecule has 11 heteroatoms. The summed E-state index contributed by atoms with van der Waals surface area (Å²) in [7, 11) is 9.19. The van der Waals surface area contributed by atoms with E-state index in [9.17, 15) is 10.2 Å². The molecule has 0 radical (unpaired) electrons. The van der Waals surface area contributed by atoms with Gasteiger partial charge in [0.25, 0.3) is 0 Å². The molecule has 2 N–H and O–H groups in total.